The average Bonchev–Trinajstić information content (AvgIpc) is 3.81. The normalized spacial score (nSPS) is 13.1. The Morgan fingerprint density at radius 1 is 0.690 bits per heavy atom. The number of aromatic nitrogens is 6. The van der Waals surface area contributed by atoms with Crippen molar-refractivity contribution in [1.82, 2.24) is 39.8 Å². The highest BCUT2D eigenvalue weighted by atomic mass is 32.2. The minimum absolute atomic E-state index is 0.0978. The zero-order valence-corrected chi connectivity index (χ0v) is 35.0. The fourth-order valence-electron chi connectivity index (χ4n) is 5.38. The van der Waals surface area contributed by atoms with Crippen LogP contribution in [-0.2, 0) is 42.1 Å². The molecule has 2 amide bonds. The van der Waals surface area contributed by atoms with Gasteiger partial charge in [0.05, 0.1) is 42.4 Å². The third kappa shape index (κ3) is 11.9. The molecule has 0 radical (unpaired) electrons. The highest BCUT2D eigenvalue weighted by molar-refractivity contribution is 7.98. The number of amides is 2. The van der Waals surface area contributed by atoms with E-state index < -0.39 is 38.9 Å². The summed E-state index contributed by atoms with van der Waals surface area (Å²) in [4.78, 5) is 26.2. The Bertz CT molecular complexity index is 2410. The molecule has 16 nitrogen and oxygen atoms in total. The number of nitrogens with two attached hydrogens (primary N) is 2. The number of nitrogens with zero attached hydrogens (tertiary/aromatic N) is 6. The summed E-state index contributed by atoms with van der Waals surface area (Å²) in [5, 5.41) is 22.5. The smallest absolute Gasteiger partial charge is 0.240 e. The van der Waals surface area contributed by atoms with Crippen LogP contribution in [-0.4, -0.2) is 86.2 Å². The topological polar surface area (TPSA) is 223 Å². The van der Waals surface area contributed by atoms with E-state index in [1.807, 2.05) is 89.6 Å². The number of benzene rings is 2. The predicted molar refractivity (Wildman–Crippen MR) is 221 cm³/mol. The Morgan fingerprint density at radius 3 is 1.53 bits per heavy atom. The van der Waals surface area contributed by atoms with Crippen molar-refractivity contribution in [2.24, 2.45) is 11.5 Å². The van der Waals surface area contributed by atoms with Crippen molar-refractivity contribution in [2.45, 2.75) is 73.9 Å². The Balaban J connectivity index is 0.000000221. The molecule has 2 atom stereocenters. The van der Waals surface area contributed by atoms with Crippen LogP contribution >= 0.6 is 11.8 Å². The molecule has 6 rings (SSSR count). The minimum atomic E-state index is -3.43. The number of fused-ring (bicyclic) bond motifs is 2. The molecule has 18 heteroatoms. The number of pyridine rings is 2. The van der Waals surface area contributed by atoms with E-state index in [1.165, 1.54) is 16.7 Å². The van der Waals surface area contributed by atoms with Crippen LogP contribution in [0.5, 0.6) is 0 Å². The van der Waals surface area contributed by atoms with Gasteiger partial charge in [-0.15, -0.1) is 32.2 Å². The zero-order chi connectivity index (χ0) is 42.1. The molecule has 0 unspecified atom stereocenters. The maximum absolute atomic E-state index is 12.5. The van der Waals surface area contributed by atoms with E-state index in [1.54, 1.807) is 45.5 Å². The van der Waals surface area contributed by atoms with Crippen LogP contribution in [0.1, 0.15) is 62.6 Å². The van der Waals surface area contributed by atoms with Crippen molar-refractivity contribution in [1.29, 1.82) is 0 Å². The first kappa shape index (κ1) is 43.9. The number of thioether (sulfide) groups is 1. The van der Waals surface area contributed by atoms with Crippen LogP contribution in [0.3, 0.4) is 0 Å². The minimum Gasteiger partial charge on any atom is -0.374 e. The lowest BCUT2D eigenvalue weighted by molar-refractivity contribution is -0.127. The molecule has 0 aliphatic carbocycles. The largest absolute Gasteiger partial charge is 0.374 e. The number of sulfone groups is 1. The molecule has 0 bridgehead atoms. The van der Waals surface area contributed by atoms with Crippen molar-refractivity contribution < 1.29 is 27.5 Å². The van der Waals surface area contributed by atoms with Gasteiger partial charge in [-0.1, -0.05) is 60.7 Å². The van der Waals surface area contributed by atoms with Crippen LogP contribution in [0.4, 0.5) is 0 Å². The molecular weight excluding hydrogens is 781 g/mol. The SMILES string of the molecule is CC(C)(N)C(=O)N[C@H](COCc1ccccc1)c1nnc2ccc(S(C)(=O)=O)cn12.CSc1ccc2nnc([C@@H](COCc3ccccc3)NC(=O)C(C)(C)N)n2c1. The van der Waals surface area contributed by atoms with Crippen molar-refractivity contribution >= 4 is 44.7 Å². The molecule has 4 aromatic heterocycles. The first-order valence-corrected chi connectivity index (χ1v) is 21.4. The van der Waals surface area contributed by atoms with E-state index in [0.29, 0.717) is 36.2 Å². The molecule has 6 aromatic rings. The summed E-state index contributed by atoms with van der Waals surface area (Å²) in [5.74, 6) is 0.281. The molecule has 2 aromatic carbocycles. The summed E-state index contributed by atoms with van der Waals surface area (Å²) in [7, 11) is -3.43. The van der Waals surface area contributed by atoms with Crippen molar-refractivity contribution in [2.75, 3.05) is 25.7 Å². The first-order chi connectivity index (χ1) is 27.4. The van der Waals surface area contributed by atoms with Gasteiger partial charge in [-0.05, 0) is 69.3 Å². The second-order valence-electron chi connectivity index (χ2n) is 14.8. The molecule has 0 aliphatic heterocycles. The van der Waals surface area contributed by atoms with E-state index in [4.69, 9.17) is 20.9 Å². The lowest BCUT2D eigenvalue weighted by atomic mass is 10.1. The molecule has 308 valence electrons. The molecule has 0 spiro atoms. The molecule has 0 saturated carbocycles. The number of nitrogens with one attached hydrogen (secondary N) is 2. The molecule has 6 N–H and O–H groups in total. The van der Waals surface area contributed by atoms with E-state index in [0.717, 1.165) is 22.3 Å². The van der Waals surface area contributed by atoms with Gasteiger partial charge in [0.15, 0.2) is 32.8 Å². The van der Waals surface area contributed by atoms with E-state index in [-0.39, 0.29) is 24.0 Å². The summed E-state index contributed by atoms with van der Waals surface area (Å²) in [5.41, 5.74) is 13.0. The van der Waals surface area contributed by atoms with Crippen LogP contribution in [0.25, 0.3) is 11.3 Å². The zero-order valence-electron chi connectivity index (χ0n) is 33.3. The molecule has 0 saturated heterocycles. The number of hydrogen-bond acceptors (Lipinski definition) is 13. The third-order valence-electron chi connectivity index (χ3n) is 8.66. The van der Waals surface area contributed by atoms with Crippen molar-refractivity contribution in [3.05, 3.63) is 120 Å². The standard InChI is InChI=1S/C20H25N5O4S.C20H25N5O2S/c1-20(2,21)19(26)22-16(13-29-12-14-7-5-4-6-8-14)18-24-23-17-10-9-15(11-25(17)18)30(3,27)28;1-20(2,21)19(26)22-16(13-27-12-14-7-5-4-6-8-14)18-24-23-17-10-9-15(28-3)11-25(17)18/h4-11,16H,12-13,21H2,1-3H3,(H,22,26);4-11,16H,12-13,21H2,1-3H3,(H,22,26)/t2*16-/m11/s1. The fraction of sp³-hybridized carbons (Fsp3) is 0.350. The lowest BCUT2D eigenvalue weighted by Gasteiger charge is -2.23. The van der Waals surface area contributed by atoms with Gasteiger partial charge in [0.25, 0.3) is 0 Å². The quantitative estimate of drug-likeness (QED) is 0.102. The first-order valence-electron chi connectivity index (χ1n) is 18.3. The summed E-state index contributed by atoms with van der Waals surface area (Å²) < 4.78 is 39.0. The summed E-state index contributed by atoms with van der Waals surface area (Å²) in [6, 6.07) is 25.2. The highest BCUT2D eigenvalue weighted by Gasteiger charge is 2.29. The lowest BCUT2D eigenvalue weighted by Crippen LogP contribution is -2.50. The maximum Gasteiger partial charge on any atom is 0.240 e. The van der Waals surface area contributed by atoms with E-state index >= 15 is 0 Å². The Labute approximate surface area is 342 Å². The predicted octanol–water partition coefficient (Wildman–Crippen LogP) is 3.81. The molecular formula is C40H50N10O6S2. The number of ether oxygens (including phenoxy) is 2. The van der Waals surface area contributed by atoms with Gasteiger partial charge in [0.1, 0.15) is 12.1 Å². The number of carbonyl (C=O) groups is 2. The molecule has 0 aliphatic rings. The summed E-state index contributed by atoms with van der Waals surface area (Å²) in [6.07, 6.45) is 6.52. The summed E-state index contributed by atoms with van der Waals surface area (Å²) in [6.45, 7) is 7.63. The van der Waals surface area contributed by atoms with Gasteiger partial charge < -0.3 is 31.6 Å². The maximum atomic E-state index is 12.5. The number of rotatable bonds is 16. The third-order valence-corrected chi connectivity index (χ3v) is 10.5. The highest BCUT2D eigenvalue weighted by Crippen LogP contribution is 2.21. The van der Waals surface area contributed by atoms with Crippen LogP contribution in [0.15, 0.2) is 107 Å². The van der Waals surface area contributed by atoms with E-state index in [9.17, 15) is 18.0 Å². The molecule has 58 heavy (non-hydrogen) atoms. The monoisotopic (exact) mass is 830 g/mol. The Kier molecular flexibility index (Phi) is 14.4. The van der Waals surface area contributed by atoms with Gasteiger partial charge in [-0.3, -0.25) is 18.4 Å². The van der Waals surface area contributed by atoms with E-state index in [2.05, 4.69) is 31.0 Å². The second-order valence-corrected chi connectivity index (χ2v) is 17.7. The van der Waals surface area contributed by atoms with Gasteiger partial charge in [-0.2, -0.15) is 0 Å². The molecule has 4 heterocycles. The molecule has 0 fully saturated rings. The van der Waals surface area contributed by atoms with Crippen LogP contribution in [0, 0.1) is 0 Å². The summed E-state index contributed by atoms with van der Waals surface area (Å²) >= 11 is 1.63. The second kappa shape index (κ2) is 19.0. The van der Waals surface area contributed by atoms with Crippen LogP contribution < -0.4 is 22.1 Å². The fourth-order valence-corrected chi connectivity index (χ4v) is 6.41. The van der Waals surface area contributed by atoms with Gasteiger partial charge in [-0.25, -0.2) is 8.42 Å². The van der Waals surface area contributed by atoms with Gasteiger partial charge in [0.2, 0.25) is 11.8 Å². The van der Waals surface area contributed by atoms with Gasteiger partial charge in [0, 0.05) is 23.5 Å². The number of carbonyl (C=O) groups excluding carboxylic acids is 2. The van der Waals surface area contributed by atoms with Gasteiger partial charge >= 0.3 is 0 Å². The van der Waals surface area contributed by atoms with Crippen molar-refractivity contribution in [3.63, 3.8) is 0 Å². The Morgan fingerprint density at radius 2 is 1.12 bits per heavy atom. The average molecular weight is 831 g/mol. The van der Waals surface area contributed by atoms with Crippen molar-refractivity contribution in [3.8, 4) is 0 Å². The number of hydrogen-bond donors (Lipinski definition) is 4. The Hall–Kier alpha value is -5.24. The van der Waals surface area contributed by atoms with Crippen LogP contribution in [0.2, 0.25) is 0 Å².